The zero-order valence-corrected chi connectivity index (χ0v) is 24.4. The quantitative estimate of drug-likeness (QED) is 0.114. The van der Waals surface area contributed by atoms with Gasteiger partial charge in [0.25, 0.3) is 11.8 Å². The molecule has 9 nitrogen and oxygen atoms in total. The van der Waals surface area contributed by atoms with E-state index in [-0.39, 0.29) is 23.6 Å². The Kier molecular flexibility index (Phi) is 8.33. The molecule has 2 heterocycles. The second-order valence-electron chi connectivity index (χ2n) is 9.96. The third-order valence-corrected chi connectivity index (χ3v) is 8.00. The standard InChI is InChI=1S/C34H28N4O5S/c1-21(32(39)37-25-13-16-30-31(18-25)43-20-42-30)44-26-14-11-24(12-15-26)36-34(41)29(38-33(40)22-7-3-2-4-8-22)17-23-19-35-28-10-6-5-9-27(23)28/h2-19,21,35H,20H2,1H3,(H,36,41)(H,37,39)(H,38,40)/b29-17-. The maximum atomic E-state index is 13.5. The molecule has 1 atom stereocenters. The van der Waals surface area contributed by atoms with Crippen molar-refractivity contribution in [2.45, 2.75) is 17.1 Å². The summed E-state index contributed by atoms with van der Waals surface area (Å²) in [5.41, 5.74) is 3.37. The van der Waals surface area contributed by atoms with Gasteiger partial charge < -0.3 is 30.4 Å². The lowest BCUT2D eigenvalue weighted by atomic mass is 10.1. The minimum absolute atomic E-state index is 0.0934. The zero-order chi connectivity index (χ0) is 30.5. The van der Waals surface area contributed by atoms with Crippen molar-refractivity contribution in [3.63, 3.8) is 0 Å². The number of amides is 3. The Bertz CT molecular complexity index is 1870. The molecule has 0 radical (unpaired) electrons. The molecule has 0 spiro atoms. The van der Waals surface area contributed by atoms with E-state index in [1.165, 1.54) is 11.8 Å². The van der Waals surface area contributed by atoms with Gasteiger partial charge in [-0.2, -0.15) is 0 Å². The summed E-state index contributed by atoms with van der Waals surface area (Å²) in [5, 5.41) is 9.08. The molecular weight excluding hydrogens is 576 g/mol. The van der Waals surface area contributed by atoms with Crippen LogP contribution in [0.5, 0.6) is 11.5 Å². The van der Waals surface area contributed by atoms with E-state index >= 15 is 0 Å². The molecule has 1 aromatic heterocycles. The molecule has 4 aromatic carbocycles. The highest BCUT2D eigenvalue weighted by Crippen LogP contribution is 2.34. The van der Waals surface area contributed by atoms with Crippen molar-refractivity contribution in [2.24, 2.45) is 0 Å². The van der Waals surface area contributed by atoms with Gasteiger partial charge in [0, 0.05) is 50.6 Å². The number of ether oxygens (including phenoxy) is 2. The maximum absolute atomic E-state index is 13.5. The van der Waals surface area contributed by atoms with E-state index in [1.807, 2.05) is 49.4 Å². The highest BCUT2D eigenvalue weighted by molar-refractivity contribution is 8.00. The van der Waals surface area contributed by atoms with Gasteiger partial charge in [0.15, 0.2) is 11.5 Å². The maximum Gasteiger partial charge on any atom is 0.272 e. The average molecular weight is 605 g/mol. The number of benzene rings is 4. The zero-order valence-electron chi connectivity index (χ0n) is 23.6. The van der Waals surface area contributed by atoms with Crippen LogP contribution in [0.4, 0.5) is 11.4 Å². The van der Waals surface area contributed by atoms with Crippen LogP contribution in [0.1, 0.15) is 22.8 Å². The number of nitrogens with one attached hydrogen (secondary N) is 4. The number of carbonyl (C=O) groups excluding carboxylic acids is 3. The van der Waals surface area contributed by atoms with Crippen molar-refractivity contribution in [2.75, 3.05) is 17.4 Å². The van der Waals surface area contributed by atoms with Gasteiger partial charge in [-0.25, -0.2) is 0 Å². The lowest BCUT2D eigenvalue weighted by Gasteiger charge is -2.14. The topological polar surface area (TPSA) is 122 Å². The van der Waals surface area contributed by atoms with Gasteiger partial charge in [-0.3, -0.25) is 14.4 Å². The fourth-order valence-electron chi connectivity index (χ4n) is 4.60. The van der Waals surface area contributed by atoms with Gasteiger partial charge in [0.05, 0.1) is 5.25 Å². The van der Waals surface area contributed by atoms with E-state index < -0.39 is 11.8 Å². The van der Waals surface area contributed by atoms with Crippen LogP contribution in [-0.2, 0) is 9.59 Å². The highest BCUT2D eigenvalue weighted by Gasteiger charge is 2.19. The Labute approximate surface area is 257 Å². The molecule has 220 valence electrons. The van der Waals surface area contributed by atoms with Gasteiger partial charge in [0.2, 0.25) is 12.7 Å². The molecule has 5 aromatic rings. The smallest absolute Gasteiger partial charge is 0.272 e. The second kappa shape index (κ2) is 12.8. The molecular formula is C34H28N4O5S. The summed E-state index contributed by atoms with van der Waals surface area (Å²) in [6, 6.07) is 28.9. The lowest BCUT2D eigenvalue weighted by molar-refractivity contribution is -0.115. The van der Waals surface area contributed by atoms with Crippen LogP contribution in [-0.4, -0.2) is 34.7 Å². The van der Waals surface area contributed by atoms with Crippen molar-refractivity contribution in [3.8, 4) is 11.5 Å². The molecule has 44 heavy (non-hydrogen) atoms. The molecule has 4 N–H and O–H groups in total. The second-order valence-corrected chi connectivity index (χ2v) is 11.4. The van der Waals surface area contributed by atoms with Gasteiger partial charge in [0.1, 0.15) is 5.70 Å². The number of fused-ring (bicyclic) bond motifs is 2. The minimum atomic E-state index is -0.476. The summed E-state index contributed by atoms with van der Waals surface area (Å²) >= 11 is 1.39. The number of carbonyl (C=O) groups is 3. The molecule has 10 heteroatoms. The summed E-state index contributed by atoms with van der Waals surface area (Å²) in [6.45, 7) is 1.99. The van der Waals surface area contributed by atoms with Crippen molar-refractivity contribution in [1.82, 2.24) is 10.3 Å². The third-order valence-electron chi connectivity index (χ3n) is 6.88. The Morgan fingerprint density at radius 2 is 1.57 bits per heavy atom. The monoisotopic (exact) mass is 604 g/mol. The summed E-state index contributed by atoms with van der Waals surface area (Å²) < 4.78 is 10.7. The Hall–Kier alpha value is -5.48. The fourth-order valence-corrected chi connectivity index (χ4v) is 5.47. The van der Waals surface area contributed by atoms with Crippen molar-refractivity contribution in [3.05, 3.63) is 120 Å². The van der Waals surface area contributed by atoms with Crippen LogP contribution in [0, 0.1) is 0 Å². The first-order valence-electron chi connectivity index (χ1n) is 13.9. The van der Waals surface area contributed by atoms with Gasteiger partial charge in [-0.05, 0) is 67.6 Å². The van der Waals surface area contributed by atoms with E-state index in [2.05, 4.69) is 20.9 Å². The predicted molar refractivity (Wildman–Crippen MR) is 172 cm³/mol. The fraction of sp³-hybridized carbons (Fsp3) is 0.0882. The summed E-state index contributed by atoms with van der Waals surface area (Å²) in [5.74, 6) is 0.215. The summed E-state index contributed by atoms with van der Waals surface area (Å²) in [6.07, 6.45) is 3.45. The first-order chi connectivity index (χ1) is 21.4. The molecule has 1 aliphatic rings. The largest absolute Gasteiger partial charge is 0.454 e. The van der Waals surface area contributed by atoms with E-state index in [9.17, 15) is 14.4 Å². The van der Waals surface area contributed by atoms with E-state index in [1.54, 1.807) is 66.9 Å². The molecule has 0 saturated heterocycles. The summed E-state index contributed by atoms with van der Waals surface area (Å²) in [4.78, 5) is 43.3. The average Bonchev–Trinajstić information content (AvgIpc) is 3.69. The minimum Gasteiger partial charge on any atom is -0.454 e. The van der Waals surface area contributed by atoms with E-state index in [0.717, 1.165) is 21.4 Å². The molecule has 1 unspecified atom stereocenters. The molecule has 0 bridgehead atoms. The van der Waals surface area contributed by atoms with Crippen molar-refractivity contribution >= 4 is 57.8 Å². The first-order valence-corrected chi connectivity index (χ1v) is 14.7. The summed E-state index contributed by atoms with van der Waals surface area (Å²) in [7, 11) is 0. The number of anilines is 2. The number of thioether (sulfide) groups is 1. The predicted octanol–water partition coefficient (Wildman–Crippen LogP) is 6.43. The van der Waals surface area contributed by atoms with Crippen LogP contribution >= 0.6 is 11.8 Å². The van der Waals surface area contributed by atoms with Crippen LogP contribution in [0.25, 0.3) is 17.0 Å². The number of hydrogen-bond donors (Lipinski definition) is 4. The first kappa shape index (κ1) is 28.6. The molecule has 0 fully saturated rings. The van der Waals surface area contributed by atoms with E-state index in [0.29, 0.717) is 28.4 Å². The van der Waals surface area contributed by atoms with Crippen molar-refractivity contribution in [1.29, 1.82) is 0 Å². The Morgan fingerprint density at radius 1 is 0.841 bits per heavy atom. The highest BCUT2D eigenvalue weighted by atomic mass is 32.2. The number of aromatic amines is 1. The number of para-hydroxylation sites is 1. The molecule has 0 saturated carbocycles. The molecule has 6 rings (SSSR count). The number of rotatable bonds is 9. The lowest BCUT2D eigenvalue weighted by Crippen LogP contribution is -2.30. The van der Waals surface area contributed by atoms with Crippen LogP contribution < -0.4 is 25.4 Å². The van der Waals surface area contributed by atoms with Crippen LogP contribution in [0.3, 0.4) is 0 Å². The van der Waals surface area contributed by atoms with Gasteiger partial charge in [-0.1, -0.05) is 36.4 Å². The van der Waals surface area contributed by atoms with Crippen molar-refractivity contribution < 1.29 is 23.9 Å². The number of aromatic nitrogens is 1. The third kappa shape index (κ3) is 6.61. The van der Waals surface area contributed by atoms with E-state index in [4.69, 9.17) is 9.47 Å². The molecule has 0 aliphatic carbocycles. The number of hydrogen-bond acceptors (Lipinski definition) is 6. The normalized spacial score (nSPS) is 12.9. The Morgan fingerprint density at radius 3 is 2.39 bits per heavy atom. The number of H-pyrrole nitrogens is 1. The van der Waals surface area contributed by atoms with Crippen LogP contribution in [0.2, 0.25) is 0 Å². The molecule has 1 aliphatic heterocycles. The SMILES string of the molecule is CC(Sc1ccc(NC(=O)/C(=C/c2c[nH]c3ccccc23)NC(=O)c2ccccc2)cc1)C(=O)Nc1ccc2c(c1)OCO2. The van der Waals surface area contributed by atoms with Crippen LogP contribution in [0.15, 0.2) is 114 Å². The van der Waals surface area contributed by atoms with Gasteiger partial charge >= 0.3 is 0 Å². The van der Waals surface area contributed by atoms with Gasteiger partial charge in [-0.15, -0.1) is 11.8 Å². The Balaban J connectivity index is 1.13. The molecule has 3 amide bonds.